The van der Waals surface area contributed by atoms with E-state index in [1.807, 2.05) is 37.2 Å². The van der Waals surface area contributed by atoms with Gasteiger partial charge in [0, 0.05) is 32.7 Å². The zero-order valence-corrected chi connectivity index (χ0v) is 13.4. The highest BCUT2D eigenvalue weighted by Gasteiger charge is 2.23. The van der Waals surface area contributed by atoms with Gasteiger partial charge in [-0.25, -0.2) is 9.97 Å². The number of benzene rings is 1. The van der Waals surface area contributed by atoms with E-state index in [2.05, 4.69) is 11.8 Å². The summed E-state index contributed by atoms with van der Waals surface area (Å²) < 4.78 is 0. The molecule has 116 valence electrons. The van der Waals surface area contributed by atoms with Crippen LogP contribution in [0.5, 0.6) is 5.75 Å². The fraction of sp³-hybridized carbons (Fsp3) is 0.412. The van der Waals surface area contributed by atoms with Gasteiger partial charge in [-0.1, -0.05) is 19.1 Å². The molecule has 1 aromatic carbocycles. The maximum Gasteiger partial charge on any atom is 0.165 e. The molecular formula is C17H22N4O. The maximum absolute atomic E-state index is 10.1. The van der Waals surface area contributed by atoms with Crippen molar-refractivity contribution in [2.45, 2.75) is 19.9 Å². The van der Waals surface area contributed by atoms with Crippen molar-refractivity contribution in [3.8, 4) is 17.1 Å². The molecule has 2 aromatic rings. The van der Waals surface area contributed by atoms with E-state index in [4.69, 9.17) is 9.97 Å². The van der Waals surface area contributed by atoms with Gasteiger partial charge in [0.1, 0.15) is 11.6 Å². The third-order valence-corrected chi connectivity index (χ3v) is 4.14. The Morgan fingerprint density at radius 2 is 2.00 bits per heavy atom. The molecule has 0 unspecified atom stereocenters. The van der Waals surface area contributed by atoms with E-state index in [9.17, 15) is 5.11 Å². The molecule has 0 radical (unpaired) electrons. The fourth-order valence-electron chi connectivity index (χ4n) is 2.89. The number of hydrogen-bond donors (Lipinski definition) is 1. The van der Waals surface area contributed by atoms with Crippen LogP contribution >= 0.6 is 0 Å². The Morgan fingerprint density at radius 3 is 2.68 bits per heavy atom. The number of phenols is 1. The van der Waals surface area contributed by atoms with Crippen LogP contribution in [0.15, 0.2) is 24.3 Å². The lowest BCUT2D eigenvalue weighted by atomic mass is 10.0. The molecule has 22 heavy (non-hydrogen) atoms. The first-order chi connectivity index (χ1) is 10.6. The van der Waals surface area contributed by atoms with Crippen molar-refractivity contribution in [1.29, 1.82) is 0 Å². The Bertz CT molecular complexity index is 684. The van der Waals surface area contributed by atoms with Gasteiger partial charge in [0.25, 0.3) is 0 Å². The van der Waals surface area contributed by atoms with Crippen LogP contribution in [0.3, 0.4) is 0 Å². The van der Waals surface area contributed by atoms with Crippen LogP contribution in [0.2, 0.25) is 0 Å². The van der Waals surface area contributed by atoms with Gasteiger partial charge < -0.3 is 10.0 Å². The Kier molecular flexibility index (Phi) is 3.98. The summed E-state index contributed by atoms with van der Waals surface area (Å²) in [5.74, 6) is 1.77. The summed E-state index contributed by atoms with van der Waals surface area (Å²) in [7, 11) is 4.01. The van der Waals surface area contributed by atoms with Crippen molar-refractivity contribution < 1.29 is 5.11 Å². The topological polar surface area (TPSA) is 52.5 Å². The zero-order chi connectivity index (χ0) is 15.7. The average molecular weight is 298 g/mol. The number of nitrogens with zero attached hydrogens (tertiary/aromatic N) is 4. The molecule has 0 amide bonds. The second-order valence-electron chi connectivity index (χ2n) is 5.83. The van der Waals surface area contributed by atoms with Gasteiger partial charge in [-0.15, -0.1) is 0 Å². The van der Waals surface area contributed by atoms with Crippen LogP contribution in [0.25, 0.3) is 11.4 Å². The van der Waals surface area contributed by atoms with E-state index in [1.165, 1.54) is 5.56 Å². The first-order valence-corrected chi connectivity index (χ1v) is 7.68. The fourth-order valence-corrected chi connectivity index (χ4v) is 2.89. The molecule has 2 heterocycles. The highest BCUT2D eigenvalue weighted by molar-refractivity contribution is 5.66. The summed E-state index contributed by atoms with van der Waals surface area (Å²) in [4.78, 5) is 13.9. The molecule has 0 saturated heterocycles. The molecule has 1 aliphatic heterocycles. The Hall–Kier alpha value is -2.14. The summed E-state index contributed by atoms with van der Waals surface area (Å²) in [6.07, 6.45) is 0.970. The molecule has 0 saturated carbocycles. The highest BCUT2D eigenvalue weighted by Crippen LogP contribution is 2.31. The van der Waals surface area contributed by atoms with Crippen molar-refractivity contribution in [2.24, 2.45) is 0 Å². The van der Waals surface area contributed by atoms with E-state index >= 15 is 0 Å². The largest absolute Gasteiger partial charge is 0.507 e. The molecule has 0 bridgehead atoms. The van der Waals surface area contributed by atoms with E-state index in [0.717, 1.165) is 37.6 Å². The van der Waals surface area contributed by atoms with Crippen molar-refractivity contribution >= 4 is 5.82 Å². The summed E-state index contributed by atoms with van der Waals surface area (Å²) in [6.45, 7) is 5.08. The first-order valence-electron chi connectivity index (χ1n) is 7.68. The number of phenolic OH excluding ortho intramolecular Hbond substituents is 1. The van der Waals surface area contributed by atoms with E-state index < -0.39 is 0 Å². The predicted octanol–water partition coefficient (Wildman–Crippen LogP) is 2.29. The lowest BCUT2D eigenvalue weighted by molar-refractivity contribution is 0.263. The molecule has 0 atom stereocenters. The summed E-state index contributed by atoms with van der Waals surface area (Å²) >= 11 is 0. The van der Waals surface area contributed by atoms with E-state index in [0.29, 0.717) is 11.4 Å². The minimum absolute atomic E-state index is 0.218. The maximum atomic E-state index is 10.1. The molecule has 0 fully saturated rings. The molecule has 1 N–H and O–H groups in total. The van der Waals surface area contributed by atoms with Crippen LogP contribution in [-0.2, 0) is 13.0 Å². The average Bonchev–Trinajstić information content (AvgIpc) is 2.53. The third kappa shape index (κ3) is 2.64. The van der Waals surface area contributed by atoms with Crippen molar-refractivity contribution in [2.75, 3.05) is 32.1 Å². The molecule has 0 aliphatic carbocycles. The molecule has 3 rings (SSSR count). The van der Waals surface area contributed by atoms with Gasteiger partial charge in [0.05, 0.1) is 11.3 Å². The first kappa shape index (κ1) is 14.8. The van der Waals surface area contributed by atoms with Gasteiger partial charge in [0.15, 0.2) is 5.82 Å². The van der Waals surface area contributed by atoms with Crippen LogP contribution < -0.4 is 4.90 Å². The van der Waals surface area contributed by atoms with Crippen LogP contribution in [0, 0.1) is 0 Å². The van der Waals surface area contributed by atoms with Gasteiger partial charge in [-0.2, -0.15) is 0 Å². The number of anilines is 1. The second-order valence-corrected chi connectivity index (χ2v) is 5.83. The Morgan fingerprint density at radius 1 is 1.23 bits per heavy atom. The number of fused-ring (bicyclic) bond motifs is 1. The molecule has 5 nitrogen and oxygen atoms in total. The van der Waals surface area contributed by atoms with Gasteiger partial charge in [-0.05, 0) is 25.1 Å². The monoisotopic (exact) mass is 298 g/mol. The number of para-hydroxylation sites is 1. The van der Waals surface area contributed by atoms with Crippen LogP contribution in [0.1, 0.15) is 18.2 Å². The number of aromatic nitrogens is 2. The Labute approximate surface area is 131 Å². The standard InChI is InChI=1S/C17H22N4O/c1-4-21-10-9-12-14(11-21)18-16(19-17(12)20(2)3)13-7-5-6-8-15(13)22/h5-8,22H,4,9-11H2,1-3H3. The lowest BCUT2D eigenvalue weighted by Crippen LogP contribution is -2.32. The normalized spacial score (nSPS) is 14.7. The summed E-state index contributed by atoms with van der Waals surface area (Å²) in [5, 5.41) is 10.1. The molecule has 1 aliphatic rings. The minimum Gasteiger partial charge on any atom is -0.507 e. The third-order valence-electron chi connectivity index (χ3n) is 4.14. The van der Waals surface area contributed by atoms with E-state index in [-0.39, 0.29) is 5.75 Å². The molecule has 0 spiro atoms. The van der Waals surface area contributed by atoms with Crippen molar-refractivity contribution in [3.63, 3.8) is 0 Å². The molecule has 1 aromatic heterocycles. The quantitative estimate of drug-likeness (QED) is 0.942. The van der Waals surface area contributed by atoms with Crippen molar-refractivity contribution in [3.05, 3.63) is 35.5 Å². The number of aromatic hydroxyl groups is 1. The minimum atomic E-state index is 0.218. The zero-order valence-electron chi connectivity index (χ0n) is 13.4. The van der Waals surface area contributed by atoms with Gasteiger partial charge >= 0.3 is 0 Å². The van der Waals surface area contributed by atoms with Gasteiger partial charge in [-0.3, -0.25) is 4.90 Å². The second kappa shape index (κ2) is 5.93. The number of rotatable bonds is 3. The molecular weight excluding hydrogens is 276 g/mol. The summed E-state index contributed by atoms with van der Waals surface area (Å²) in [6, 6.07) is 7.23. The smallest absolute Gasteiger partial charge is 0.165 e. The van der Waals surface area contributed by atoms with Crippen LogP contribution in [-0.4, -0.2) is 47.2 Å². The van der Waals surface area contributed by atoms with Gasteiger partial charge in [0.2, 0.25) is 0 Å². The lowest BCUT2D eigenvalue weighted by Gasteiger charge is -2.29. The van der Waals surface area contributed by atoms with Crippen molar-refractivity contribution in [1.82, 2.24) is 14.9 Å². The summed E-state index contributed by atoms with van der Waals surface area (Å²) in [5.41, 5.74) is 2.99. The van der Waals surface area contributed by atoms with Crippen LogP contribution in [0.4, 0.5) is 5.82 Å². The number of hydrogen-bond acceptors (Lipinski definition) is 5. The number of likely N-dealkylation sites (N-methyl/N-ethyl adjacent to an activating group) is 1. The Balaban J connectivity index is 2.13. The van der Waals surface area contributed by atoms with E-state index in [1.54, 1.807) is 6.07 Å². The molecule has 5 heteroatoms. The highest BCUT2D eigenvalue weighted by atomic mass is 16.3. The predicted molar refractivity (Wildman–Crippen MR) is 88.1 cm³/mol. The SMILES string of the molecule is CCN1CCc2c(nc(-c3ccccc3O)nc2N(C)C)C1.